The van der Waals surface area contributed by atoms with Crippen molar-refractivity contribution in [1.82, 2.24) is 10.2 Å². The molecule has 2 unspecified atom stereocenters. The number of rotatable bonds is 6. The van der Waals surface area contributed by atoms with Crippen molar-refractivity contribution in [2.45, 2.75) is 25.0 Å². The molecular formula is C19H22ClN3O2. The van der Waals surface area contributed by atoms with Crippen molar-refractivity contribution in [3.05, 3.63) is 58.6 Å². The van der Waals surface area contributed by atoms with Crippen LogP contribution in [0.25, 0.3) is 0 Å². The Morgan fingerprint density at radius 3 is 2.76 bits per heavy atom. The van der Waals surface area contributed by atoms with E-state index in [1.807, 2.05) is 18.2 Å². The summed E-state index contributed by atoms with van der Waals surface area (Å²) in [6.07, 6.45) is 0.931. The first-order valence-electron chi connectivity index (χ1n) is 8.17. The van der Waals surface area contributed by atoms with Gasteiger partial charge in [-0.1, -0.05) is 41.9 Å². The minimum atomic E-state index is -0.195. The fraction of sp³-hybridized carbons (Fsp3) is 0.316. The van der Waals surface area contributed by atoms with Crippen LogP contribution in [0.3, 0.4) is 0 Å². The zero-order valence-corrected chi connectivity index (χ0v) is 15.1. The van der Waals surface area contributed by atoms with Crippen LogP contribution in [0.4, 0.5) is 5.69 Å². The minimum Gasteiger partial charge on any atom is -0.496 e. The highest BCUT2D eigenvalue weighted by Crippen LogP contribution is 2.31. The summed E-state index contributed by atoms with van der Waals surface area (Å²) in [6.45, 7) is 0.856. The number of benzene rings is 2. The molecule has 0 heterocycles. The molecule has 0 aliphatic heterocycles. The average molecular weight is 360 g/mol. The van der Waals surface area contributed by atoms with Gasteiger partial charge in [0.05, 0.1) is 23.4 Å². The Hall–Kier alpha value is -2.24. The number of carbonyl (C=O) groups is 1. The number of methoxy groups -OCH3 is 1. The summed E-state index contributed by atoms with van der Waals surface area (Å²) < 4.78 is 5.25. The maximum atomic E-state index is 12.6. The molecule has 1 aliphatic carbocycles. The van der Waals surface area contributed by atoms with E-state index in [0.717, 1.165) is 13.0 Å². The van der Waals surface area contributed by atoms with E-state index in [-0.39, 0.29) is 11.9 Å². The number of nitrogens with one attached hydrogen (secondary N) is 1. The lowest BCUT2D eigenvalue weighted by molar-refractivity contribution is 0.0943. The number of likely N-dealkylation sites (N-methyl/N-ethyl adjacent to an activating group) is 1. The molecule has 2 atom stereocenters. The summed E-state index contributed by atoms with van der Waals surface area (Å²) in [4.78, 5) is 14.8. The number of nitrogens with two attached hydrogens (primary N) is 1. The Morgan fingerprint density at radius 1 is 1.36 bits per heavy atom. The maximum absolute atomic E-state index is 12.6. The molecule has 1 aliphatic rings. The Balaban J connectivity index is 1.61. The van der Waals surface area contributed by atoms with Crippen molar-refractivity contribution in [3.8, 4) is 5.75 Å². The zero-order chi connectivity index (χ0) is 18.0. The molecule has 1 fully saturated rings. The van der Waals surface area contributed by atoms with E-state index >= 15 is 0 Å². The average Bonchev–Trinajstić information content (AvgIpc) is 3.37. The lowest BCUT2D eigenvalue weighted by Crippen LogP contribution is -2.33. The number of nitrogens with zero attached hydrogens (tertiary/aromatic N) is 1. The van der Waals surface area contributed by atoms with Crippen LogP contribution in [0.15, 0.2) is 42.5 Å². The van der Waals surface area contributed by atoms with E-state index in [1.54, 1.807) is 12.1 Å². The van der Waals surface area contributed by atoms with E-state index < -0.39 is 0 Å². The fourth-order valence-electron chi connectivity index (χ4n) is 2.97. The molecule has 0 saturated heterocycles. The van der Waals surface area contributed by atoms with Crippen molar-refractivity contribution in [2.75, 3.05) is 19.9 Å². The van der Waals surface area contributed by atoms with E-state index in [2.05, 4.69) is 29.4 Å². The molecule has 2 aromatic carbocycles. The molecule has 6 heteroatoms. The second-order valence-electron chi connectivity index (χ2n) is 6.36. The smallest absolute Gasteiger partial charge is 0.255 e. The van der Waals surface area contributed by atoms with Gasteiger partial charge in [-0.05, 0) is 25.1 Å². The summed E-state index contributed by atoms with van der Waals surface area (Å²) in [5.74, 6) is 0.230. The van der Waals surface area contributed by atoms with Gasteiger partial charge >= 0.3 is 0 Å². The van der Waals surface area contributed by atoms with Gasteiger partial charge in [-0.2, -0.15) is 0 Å². The normalized spacial score (nSPS) is 18.9. The largest absolute Gasteiger partial charge is 0.496 e. The lowest BCUT2D eigenvalue weighted by atomic mass is 10.1. The summed E-state index contributed by atoms with van der Waals surface area (Å²) >= 11 is 6.04. The van der Waals surface area contributed by atoms with Crippen molar-refractivity contribution >= 4 is 23.2 Å². The Labute approximate surface area is 152 Å². The maximum Gasteiger partial charge on any atom is 0.255 e. The SMILES string of the molecule is COc1cc(N)c(Cl)cc1C(=O)NC1CC1N(C)Cc1ccccc1. The summed E-state index contributed by atoms with van der Waals surface area (Å²) in [6, 6.07) is 13.9. The zero-order valence-electron chi connectivity index (χ0n) is 14.3. The number of halogens is 1. The van der Waals surface area contributed by atoms with Crippen molar-refractivity contribution in [3.63, 3.8) is 0 Å². The number of carbonyl (C=O) groups excluding carboxylic acids is 1. The second-order valence-corrected chi connectivity index (χ2v) is 6.76. The van der Waals surface area contributed by atoms with Gasteiger partial charge in [0.15, 0.2) is 0 Å². The molecule has 132 valence electrons. The first-order chi connectivity index (χ1) is 12.0. The van der Waals surface area contributed by atoms with Gasteiger partial charge in [0.25, 0.3) is 5.91 Å². The minimum absolute atomic E-state index is 0.127. The second kappa shape index (κ2) is 7.33. The van der Waals surface area contributed by atoms with Crippen LogP contribution in [0.5, 0.6) is 5.75 Å². The lowest BCUT2D eigenvalue weighted by Gasteiger charge is -2.17. The molecule has 0 bridgehead atoms. The molecule has 25 heavy (non-hydrogen) atoms. The van der Waals surface area contributed by atoms with Gasteiger partial charge in [-0.25, -0.2) is 0 Å². The van der Waals surface area contributed by atoms with E-state index in [4.69, 9.17) is 22.1 Å². The monoisotopic (exact) mass is 359 g/mol. The fourth-order valence-corrected chi connectivity index (χ4v) is 3.14. The van der Waals surface area contributed by atoms with Crippen LogP contribution in [0.1, 0.15) is 22.3 Å². The number of nitrogen functional groups attached to an aromatic ring is 1. The third kappa shape index (κ3) is 4.06. The van der Waals surface area contributed by atoms with Gasteiger partial charge in [-0.3, -0.25) is 9.69 Å². The molecule has 0 radical (unpaired) electrons. The Bertz CT molecular complexity index is 767. The summed E-state index contributed by atoms with van der Waals surface area (Å²) in [5.41, 5.74) is 7.81. The standard InChI is InChI=1S/C19H22ClN3O2/c1-23(11-12-6-4-3-5-7-12)17-10-16(17)22-19(24)13-8-14(20)15(21)9-18(13)25-2/h3-9,16-17H,10-11,21H2,1-2H3,(H,22,24). The Kier molecular flexibility index (Phi) is 5.16. The van der Waals surface area contributed by atoms with Gasteiger partial charge in [0.2, 0.25) is 0 Å². The van der Waals surface area contributed by atoms with Crippen LogP contribution >= 0.6 is 11.6 Å². The van der Waals surface area contributed by atoms with Gasteiger partial charge in [0, 0.05) is 24.7 Å². The predicted molar refractivity (Wildman–Crippen MR) is 100.0 cm³/mol. The van der Waals surface area contributed by atoms with Gasteiger partial charge < -0.3 is 15.8 Å². The molecule has 3 N–H and O–H groups in total. The molecule has 0 aromatic heterocycles. The van der Waals surface area contributed by atoms with E-state index in [1.165, 1.54) is 12.7 Å². The van der Waals surface area contributed by atoms with Crippen LogP contribution < -0.4 is 15.8 Å². The molecular weight excluding hydrogens is 338 g/mol. The molecule has 2 aromatic rings. The number of amides is 1. The van der Waals surface area contributed by atoms with E-state index in [0.29, 0.717) is 28.1 Å². The van der Waals surface area contributed by atoms with Crippen LogP contribution in [0.2, 0.25) is 5.02 Å². The Morgan fingerprint density at radius 2 is 2.08 bits per heavy atom. The quantitative estimate of drug-likeness (QED) is 0.778. The molecule has 1 amide bonds. The molecule has 5 nitrogen and oxygen atoms in total. The highest BCUT2D eigenvalue weighted by atomic mass is 35.5. The van der Waals surface area contributed by atoms with Gasteiger partial charge in [0.1, 0.15) is 5.75 Å². The summed E-state index contributed by atoms with van der Waals surface area (Å²) in [7, 11) is 3.58. The molecule has 1 saturated carbocycles. The van der Waals surface area contributed by atoms with Crippen LogP contribution in [0, 0.1) is 0 Å². The first-order valence-corrected chi connectivity index (χ1v) is 8.55. The van der Waals surface area contributed by atoms with Crippen molar-refractivity contribution in [1.29, 1.82) is 0 Å². The molecule has 3 rings (SSSR count). The molecule has 0 spiro atoms. The number of ether oxygens (including phenoxy) is 1. The number of anilines is 1. The van der Waals surface area contributed by atoms with Crippen LogP contribution in [-0.4, -0.2) is 37.0 Å². The topological polar surface area (TPSA) is 67.6 Å². The first kappa shape index (κ1) is 17.6. The third-order valence-electron chi connectivity index (χ3n) is 4.48. The predicted octanol–water partition coefficient (Wildman–Crippen LogP) is 2.93. The van der Waals surface area contributed by atoms with E-state index in [9.17, 15) is 4.79 Å². The highest BCUT2D eigenvalue weighted by Gasteiger charge is 2.41. The number of hydrogen-bond donors (Lipinski definition) is 2. The number of hydrogen-bond acceptors (Lipinski definition) is 4. The van der Waals surface area contributed by atoms with Crippen molar-refractivity contribution in [2.24, 2.45) is 0 Å². The van der Waals surface area contributed by atoms with Crippen molar-refractivity contribution < 1.29 is 9.53 Å². The van der Waals surface area contributed by atoms with Gasteiger partial charge in [-0.15, -0.1) is 0 Å². The van der Waals surface area contributed by atoms with Crippen LogP contribution in [-0.2, 0) is 6.54 Å². The highest BCUT2D eigenvalue weighted by molar-refractivity contribution is 6.33. The third-order valence-corrected chi connectivity index (χ3v) is 4.80. The summed E-state index contributed by atoms with van der Waals surface area (Å²) in [5, 5.41) is 3.40.